The molecule has 4 nitrogen and oxygen atoms in total. The zero-order valence-electron chi connectivity index (χ0n) is 10.1. The summed E-state index contributed by atoms with van der Waals surface area (Å²) in [6.07, 6.45) is 1.40. The number of carbonyl (C=O) groups is 1. The van der Waals surface area contributed by atoms with Crippen LogP contribution in [0.4, 0.5) is 0 Å². The number of rotatable bonds is 4. The molecule has 0 aliphatic rings. The number of nitrogens with zero attached hydrogens (tertiary/aromatic N) is 1. The van der Waals surface area contributed by atoms with Crippen LogP contribution in [0.5, 0.6) is 5.75 Å². The van der Waals surface area contributed by atoms with E-state index in [4.69, 9.17) is 33.1 Å². The topological polar surface area (TPSA) is 58.9 Å². The minimum Gasteiger partial charge on any atom is -0.478 e. The molecule has 102 valence electrons. The quantitative estimate of drug-likeness (QED) is 0.683. The fraction of sp³-hybridized carbons (Fsp3) is 0. The number of hydrogen-bond donors (Lipinski definition) is 1. The van der Waals surface area contributed by atoms with Crippen LogP contribution < -0.4 is 4.84 Å². The minimum atomic E-state index is -0.997. The second-order valence-electron chi connectivity index (χ2n) is 3.79. The number of hydrogen-bond acceptors (Lipinski definition) is 3. The average molecular weight is 310 g/mol. The van der Waals surface area contributed by atoms with E-state index in [-0.39, 0.29) is 5.56 Å². The standard InChI is InChI=1S/C14H9Cl2NO3/c15-12-2-1-3-13(16)11(12)8-17-20-10-6-4-9(5-7-10)14(18)19/h1-8H,(H,18,19)/b17-8+. The van der Waals surface area contributed by atoms with E-state index in [2.05, 4.69) is 5.16 Å². The molecule has 0 amide bonds. The highest BCUT2D eigenvalue weighted by molar-refractivity contribution is 6.38. The molecule has 0 atom stereocenters. The van der Waals surface area contributed by atoms with Crippen molar-refractivity contribution in [2.24, 2.45) is 5.16 Å². The van der Waals surface area contributed by atoms with Crippen LogP contribution >= 0.6 is 23.2 Å². The van der Waals surface area contributed by atoms with Gasteiger partial charge in [-0.25, -0.2) is 4.79 Å². The van der Waals surface area contributed by atoms with E-state index in [1.165, 1.54) is 30.5 Å². The molecule has 0 bridgehead atoms. The van der Waals surface area contributed by atoms with Gasteiger partial charge in [0.1, 0.15) is 0 Å². The van der Waals surface area contributed by atoms with Gasteiger partial charge in [0.05, 0.1) is 21.8 Å². The second-order valence-corrected chi connectivity index (χ2v) is 4.61. The maximum Gasteiger partial charge on any atom is 0.335 e. The van der Waals surface area contributed by atoms with Crippen molar-refractivity contribution in [3.05, 3.63) is 63.6 Å². The monoisotopic (exact) mass is 309 g/mol. The summed E-state index contributed by atoms with van der Waals surface area (Å²) in [6, 6.07) is 11.0. The van der Waals surface area contributed by atoms with Crippen LogP contribution in [0, 0.1) is 0 Å². The predicted molar refractivity (Wildman–Crippen MR) is 78.1 cm³/mol. The molecule has 0 fully saturated rings. The summed E-state index contributed by atoms with van der Waals surface area (Å²) in [5.41, 5.74) is 0.730. The molecule has 2 rings (SSSR count). The summed E-state index contributed by atoms with van der Waals surface area (Å²) in [4.78, 5) is 15.8. The van der Waals surface area contributed by atoms with Crippen molar-refractivity contribution in [3.63, 3.8) is 0 Å². The summed E-state index contributed by atoms with van der Waals surface area (Å²) in [5, 5.41) is 13.5. The van der Waals surface area contributed by atoms with E-state index in [0.717, 1.165) is 0 Å². The molecule has 2 aromatic carbocycles. The molecular formula is C14H9Cl2NO3. The highest BCUT2D eigenvalue weighted by Crippen LogP contribution is 2.22. The van der Waals surface area contributed by atoms with E-state index in [1.54, 1.807) is 18.2 Å². The Balaban J connectivity index is 2.08. The van der Waals surface area contributed by atoms with Gasteiger partial charge in [0.15, 0.2) is 5.75 Å². The molecule has 0 heterocycles. The zero-order chi connectivity index (χ0) is 14.5. The Labute approximate surface area is 125 Å². The highest BCUT2D eigenvalue weighted by atomic mass is 35.5. The first-order chi connectivity index (χ1) is 9.58. The lowest BCUT2D eigenvalue weighted by Crippen LogP contribution is -1.95. The van der Waals surface area contributed by atoms with Gasteiger partial charge in [-0.15, -0.1) is 0 Å². The molecule has 0 aromatic heterocycles. The fourth-order valence-electron chi connectivity index (χ4n) is 1.43. The van der Waals surface area contributed by atoms with E-state index in [9.17, 15) is 4.79 Å². The number of carboxylic acids is 1. The fourth-order valence-corrected chi connectivity index (χ4v) is 1.93. The highest BCUT2D eigenvalue weighted by Gasteiger charge is 2.03. The molecule has 6 heteroatoms. The first-order valence-corrected chi connectivity index (χ1v) is 6.31. The van der Waals surface area contributed by atoms with Crippen LogP contribution in [0.3, 0.4) is 0 Å². The summed E-state index contributed by atoms with van der Waals surface area (Å²) >= 11 is 11.9. The van der Waals surface area contributed by atoms with Crippen molar-refractivity contribution in [2.45, 2.75) is 0 Å². The molecule has 0 spiro atoms. The van der Waals surface area contributed by atoms with Crippen LogP contribution in [-0.4, -0.2) is 17.3 Å². The Hall–Kier alpha value is -2.04. The summed E-state index contributed by atoms with van der Waals surface area (Å²) in [6.45, 7) is 0. The first kappa shape index (κ1) is 14.4. The molecule has 0 aliphatic heterocycles. The van der Waals surface area contributed by atoms with Crippen LogP contribution in [0.15, 0.2) is 47.6 Å². The van der Waals surface area contributed by atoms with Gasteiger partial charge in [0.25, 0.3) is 0 Å². The Bertz CT molecular complexity index is 634. The number of aromatic carboxylic acids is 1. The van der Waals surface area contributed by atoms with Crippen molar-refractivity contribution >= 4 is 35.4 Å². The number of halogens is 2. The Kier molecular flexibility index (Phi) is 4.61. The number of oxime groups is 1. The van der Waals surface area contributed by atoms with Crippen molar-refractivity contribution in [2.75, 3.05) is 0 Å². The molecule has 0 aliphatic carbocycles. The smallest absolute Gasteiger partial charge is 0.335 e. The Morgan fingerprint density at radius 3 is 2.25 bits per heavy atom. The van der Waals surface area contributed by atoms with Gasteiger partial charge >= 0.3 is 5.97 Å². The van der Waals surface area contributed by atoms with Gasteiger partial charge in [-0.05, 0) is 36.4 Å². The lowest BCUT2D eigenvalue weighted by Gasteiger charge is -2.01. The largest absolute Gasteiger partial charge is 0.478 e. The van der Waals surface area contributed by atoms with Crippen LogP contribution in [0.25, 0.3) is 0 Å². The maximum atomic E-state index is 10.7. The normalized spacial score (nSPS) is 10.7. The van der Waals surface area contributed by atoms with E-state index in [0.29, 0.717) is 21.4 Å². The van der Waals surface area contributed by atoms with Gasteiger partial charge in [0, 0.05) is 5.56 Å². The maximum absolute atomic E-state index is 10.7. The van der Waals surface area contributed by atoms with Gasteiger partial charge in [-0.3, -0.25) is 0 Å². The van der Waals surface area contributed by atoms with Crippen LogP contribution in [0.1, 0.15) is 15.9 Å². The number of carboxylic acid groups (broad SMARTS) is 1. The number of benzene rings is 2. The zero-order valence-corrected chi connectivity index (χ0v) is 11.6. The van der Waals surface area contributed by atoms with E-state index >= 15 is 0 Å². The van der Waals surface area contributed by atoms with Gasteiger partial charge in [-0.1, -0.05) is 34.4 Å². The van der Waals surface area contributed by atoms with Gasteiger partial charge < -0.3 is 9.94 Å². The Morgan fingerprint density at radius 1 is 1.10 bits per heavy atom. The molecule has 0 unspecified atom stereocenters. The van der Waals surface area contributed by atoms with Crippen molar-refractivity contribution < 1.29 is 14.7 Å². The van der Waals surface area contributed by atoms with Crippen LogP contribution in [-0.2, 0) is 0 Å². The Morgan fingerprint density at radius 2 is 1.70 bits per heavy atom. The second kappa shape index (κ2) is 6.41. The van der Waals surface area contributed by atoms with Crippen molar-refractivity contribution in [3.8, 4) is 5.75 Å². The summed E-state index contributed by atoms with van der Waals surface area (Å²) in [5.74, 6) is -0.586. The first-order valence-electron chi connectivity index (χ1n) is 5.55. The van der Waals surface area contributed by atoms with Gasteiger partial charge in [-0.2, -0.15) is 0 Å². The molecular weight excluding hydrogens is 301 g/mol. The lowest BCUT2D eigenvalue weighted by molar-refractivity contribution is 0.0697. The molecule has 2 aromatic rings. The SMILES string of the molecule is O=C(O)c1ccc(O/N=C/c2c(Cl)cccc2Cl)cc1. The molecule has 0 saturated heterocycles. The third kappa shape index (κ3) is 3.50. The third-order valence-electron chi connectivity index (χ3n) is 2.44. The summed E-state index contributed by atoms with van der Waals surface area (Å²) < 4.78 is 0. The van der Waals surface area contributed by atoms with E-state index < -0.39 is 5.97 Å². The summed E-state index contributed by atoms with van der Waals surface area (Å²) in [7, 11) is 0. The van der Waals surface area contributed by atoms with Crippen LogP contribution in [0.2, 0.25) is 10.0 Å². The van der Waals surface area contributed by atoms with Gasteiger partial charge in [0.2, 0.25) is 0 Å². The predicted octanol–water partition coefficient (Wildman–Crippen LogP) is 4.10. The molecule has 20 heavy (non-hydrogen) atoms. The van der Waals surface area contributed by atoms with E-state index in [1.807, 2.05) is 0 Å². The van der Waals surface area contributed by atoms with Crippen molar-refractivity contribution in [1.29, 1.82) is 0 Å². The third-order valence-corrected chi connectivity index (χ3v) is 3.10. The van der Waals surface area contributed by atoms with Crippen molar-refractivity contribution in [1.82, 2.24) is 0 Å². The molecule has 0 saturated carbocycles. The molecule has 1 N–H and O–H groups in total. The lowest BCUT2D eigenvalue weighted by atomic mass is 10.2. The molecule has 0 radical (unpaired) electrons. The average Bonchev–Trinajstić information content (AvgIpc) is 2.42. The minimum absolute atomic E-state index is 0.176.